The number of benzene rings is 2. The molecule has 3 aromatic rings. The van der Waals surface area contributed by atoms with Gasteiger partial charge in [-0.15, -0.1) is 10.2 Å². The van der Waals surface area contributed by atoms with Crippen molar-refractivity contribution < 1.29 is 9.18 Å². The van der Waals surface area contributed by atoms with Crippen LogP contribution in [0.5, 0.6) is 0 Å². The summed E-state index contributed by atoms with van der Waals surface area (Å²) in [4.78, 5) is 12.1. The maximum Gasteiger partial charge on any atom is 0.220 e. The van der Waals surface area contributed by atoms with E-state index in [1.807, 2.05) is 4.57 Å². The van der Waals surface area contributed by atoms with Crippen LogP contribution in [0.3, 0.4) is 0 Å². The van der Waals surface area contributed by atoms with Crippen LogP contribution in [0.25, 0.3) is 5.69 Å². The highest BCUT2D eigenvalue weighted by atomic mass is 35.5. The average molecular weight is 481 g/mol. The number of halogens is 3. The summed E-state index contributed by atoms with van der Waals surface area (Å²) in [6, 6.07) is 11.5. The van der Waals surface area contributed by atoms with Gasteiger partial charge in [0, 0.05) is 17.2 Å². The number of aromatic nitrogens is 3. The number of unbranched alkanes of at least 4 members (excludes halogenated alkanes) is 2. The van der Waals surface area contributed by atoms with Crippen molar-refractivity contribution in [1.29, 1.82) is 0 Å². The van der Waals surface area contributed by atoms with Gasteiger partial charge in [-0.25, -0.2) is 4.39 Å². The minimum atomic E-state index is -0.276. The SMILES string of the molecule is CCCCCC(=O)NCc1nnc(SCc2ccc(F)cc2)n1-c1ccc(Cl)cc1Cl. The molecule has 1 heterocycles. The summed E-state index contributed by atoms with van der Waals surface area (Å²) in [5.41, 5.74) is 1.63. The first-order valence-corrected chi connectivity index (χ1v) is 11.8. The van der Waals surface area contributed by atoms with E-state index in [-0.39, 0.29) is 18.3 Å². The second-order valence-corrected chi connectivity index (χ2v) is 8.77. The Hall–Kier alpha value is -2.09. The zero-order valence-electron chi connectivity index (χ0n) is 17.1. The van der Waals surface area contributed by atoms with E-state index in [2.05, 4.69) is 22.4 Å². The number of carbonyl (C=O) groups excluding carboxylic acids is 1. The van der Waals surface area contributed by atoms with Crippen LogP contribution in [0.1, 0.15) is 44.0 Å². The van der Waals surface area contributed by atoms with E-state index in [1.54, 1.807) is 30.3 Å². The topological polar surface area (TPSA) is 59.8 Å². The van der Waals surface area contributed by atoms with Gasteiger partial charge in [-0.05, 0) is 42.3 Å². The quantitative estimate of drug-likeness (QED) is 0.277. The highest BCUT2D eigenvalue weighted by Crippen LogP contribution is 2.30. The molecule has 1 aromatic heterocycles. The lowest BCUT2D eigenvalue weighted by Gasteiger charge is -2.13. The third-order valence-electron chi connectivity index (χ3n) is 4.58. The van der Waals surface area contributed by atoms with Crippen molar-refractivity contribution >= 4 is 40.9 Å². The molecule has 9 heteroatoms. The summed E-state index contributed by atoms with van der Waals surface area (Å²) in [5, 5.41) is 13.1. The zero-order chi connectivity index (χ0) is 22.2. The molecule has 0 radical (unpaired) electrons. The fraction of sp³-hybridized carbons (Fsp3) is 0.318. The van der Waals surface area contributed by atoms with Crippen LogP contribution in [0.15, 0.2) is 47.6 Å². The molecule has 1 N–H and O–H groups in total. The van der Waals surface area contributed by atoms with Crippen molar-refractivity contribution in [2.75, 3.05) is 0 Å². The summed E-state index contributed by atoms with van der Waals surface area (Å²) < 4.78 is 15.0. The molecule has 0 bridgehead atoms. The van der Waals surface area contributed by atoms with Crippen LogP contribution < -0.4 is 5.32 Å². The maximum atomic E-state index is 13.2. The highest BCUT2D eigenvalue weighted by Gasteiger charge is 2.18. The van der Waals surface area contributed by atoms with Crippen molar-refractivity contribution in [3.05, 3.63) is 69.7 Å². The fourth-order valence-corrected chi connectivity index (χ4v) is 4.36. The van der Waals surface area contributed by atoms with Gasteiger partial charge in [-0.2, -0.15) is 0 Å². The molecule has 1 amide bonds. The summed E-state index contributed by atoms with van der Waals surface area (Å²) >= 11 is 14.0. The van der Waals surface area contributed by atoms with Crippen molar-refractivity contribution in [1.82, 2.24) is 20.1 Å². The van der Waals surface area contributed by atoms with Gasteiger partial charge in [0.25, 0.3) is 0 Å². The van der Waals surface area contributed by atoms with E-state index >= 15 is 0 Å². The number of rotatable bonds is 10. The molecule has 0 saturated heterocycles. The molecular weight excluding hydrogens is 458 g/mol. The average Bonchev–Trinajstić information content (AvgIpc) is 3.14. The van der Waals surface area contributed by atoms with Gasteiger partial charge < -0.3 is 5.32 Å². The van der Waals surface area contributed by atoms with Gasteiger partial charge in [0.1, 0.15) is 5.82 Å². The predicted octanol–water partition coefficient (Wildman–Crippen LogP) is 6.20. The largest absolute Gasteiger partial charge is 0.349 e. The van der Waals surface area contributed by atoms with Gasteiger partial charge >= 0.3 is 0 Å². The Morgan fingerprint density at radius 3 is 2.61 bits per heavy atom. The lowest BCUT2D eigenvalue weighted by Crippen LogP contribution is -2.24. The first-order valence-electron chi connectivity index (χ1n) is 10.0. The van der Waals surface area contributed by atoms with E-state index in [0.717, 1.165) is 24.8 Å². The molecule has 0 saturated carbocycles. The Labute approximate surface area is 195 Å². The lowest BCUT2D eigenvalue weighted by molar-refractivity contribution is -0.121. The standard InChI is InChI=1S/C22H23Cl2FN4OS/c1-2-3-4-5-21(30)26-13-20-27-28-22(31-14-15-6-9-17(25)10-7-15)29(20)19-11-8-16(23)12-18(19)24/h6-12H,2-5,13-14H2,1H3,(H,26,30). The molecule has 2 aromatic carbocycles. The Bertz CT molecular complexity index is 1030. The van der Waals surface area contributed by atoms with E-state index in [0.29, 0.717) is 38.9 Å². The number of amides is 1. The normalized spacial score (nSPS) is 11.0. The Balaban J connectivity index is 1.81. The first kappa shape index (κ1) is 23.6. The molecule has 164 valence electrons. The van der Waals surface area contributed by atoms with Crippen LogP contribution in [-0.4, -0.2) is 20.7 Å². The van der Waals surface area contributed by atoms with Gasteiger partial charge in [0.15, 0.2) is 11.0 Å². The Morgan fingerprint density at radius 1 is 1.13 bits per heavy atom. The molecule has 0 atom stereocenters. The van der Waals surface area contributed by atoms with E-state index in [1.165, 1.54) is 23.9 Å². The van der Waals surface area contributed by atoms with Crippen LogP contribution in [0.2, 0.25) is 10.0 Å². The summed E-state index contributed by atoms with van der Waals surface area (Å²) in [6.07, 6.45) is 3.42. The molecule has 0 unspecified atom stereocenters. The van der Waals surface area contributed by atoms with Crippen LogP contribution in [0.4, 0.5) is 4.39 Å². The van der Waals surface area contributed by atoms with Crippen molar-refractivity contribution in [2.24, 2.45) is 0 Å². The molecule has 0 spiro atoms. The highest BCUT2D eigenvalue weighted by molar-refractivity contribution is 7.98. The van der Waals surface area contributed by atoms with Crippen LogP contribution >= 0.6 is 35.0 Å². The van der Waals surface area contributed by atoms with E-state index in [4.69, 9.17) is 23.2 Å². The number of nitrogens with one attached hydrogen (secondary N) is 1. The number of carbonyl (C=O) groups is 1. The van der Waals surface area contributed by atoms with Crippen LogP contribution in [-0.2, 0) is 17.1 Å². The third kappa shape index (κ3) is 6.69. The fourth-order valence-electron chi connectivity index (χ4n) is 2.94. The van der Waals surface area contributed by atoms with Crippen molar-refractivity contribution in [3.63, 3.8) is 0 Å². The minimum absolute atomic E-state index is 0.0225. The number of nitrogens with zero attached hydrogens (tertiary/aromatic N) is 3. The zero-order valence-corrected chi connectivity index (χ0v) is 19.4. The van der Waals surface area contributed by atoms with Crippen molar-refractivity contribution in [2.45, 2.75) is 50.1 Å². The van der Waals surface area contributed by atoms with Crippen LogP contribution in [0, 0.1) is 5.82 Å². The van der Waals surface area contributed by atoms with E-state index in [9.17, 15) is 9.18 Å². The summed E-state index contributed by atoms with van der Waals surface area (Å²) in [7, 11) is 0. The second kappa shape index (κ2) is 11.5. The summed E-state index contributed by atoms with van der Waals surface area (Å²) in [5.74, 6) is 0.842. The van der Waals surface area contributed by atoms with Gasteiger partial charge in [-0.1, -0.05) is 66.9 Å². The molecule has 5 nitrogen and oxygen atoms in total. The first-order chi connectivity index (χ1) is 15.0. The van der Waals surface area contributed by atoms with Gasteiger partial charge in [0.2, 0.25) is 5.91 Å². The molecular formula is C22H23Cl2FN4OS. The molecule has 0 aliphatic carbocycles. The smallest absolute Gasteiger partial charge is 0.220 e. The number of hydrogen-bond donors (Lipinski definition) is 1. The molecule has 0 fully saturated rings. The molecule has 0 aliphatic heterocycles. The number of hydrogen-bond acceptors (Lipinski definition) is 4. The monoisotopic (exact) mass is 480 g/mol. The molecule has 31 heavy (non-hydrogen) atoms. The maximum absolute atomic E-state index is 13.2. The Morgan fingerprint density at radius 2 is 1.90 bits per heavy atom. The van der Waals surface area contributed by atoms with E-state index < -0.39 is 0 Å². The molecule has 3 rings (SSSR count). The second-order valence-electron chi connectivity index (χ2n) is 6.98. The molecule has 0 aliphatic rings. The third-order valence-corrected chi connectivity index (χ3v) is 6.12. The van der Waals surface area contributed by atoms with Gasteiger partial charge in [-0.3, -0.25) is 9.36 Å². The van der Waals surface area contributed by atoms with Crippen molar-refractivity contribution in [3.8, 4) is 5.69 Å². The lowest BCUT2D eigenvalue weighted by atomic mass is 10.2. The Kier molecular flexibility index (Phi) is 8.75. The number of thioether (sulfide) groups is 1. The minimum Gasteiger partial charge on any atom is -0.349 e. The van der Waals surface area contributed by atoms with Gasteiger partial charge in [0.05, 0.1) is 17.3 Å². The summed E-state index contributed by atoms with van der Waals surface area (Å²) in [6.45, 7) is 2.33. The predicted molar refractivity (Wildman–Crippen MR) is 123 cm³/mol.